The molecule has 1 aliphatic heterocycles. The zero-order chi connectivity index (χ0) is 22.2. The number of benzene rings is 3. The molecular weight excluding hydrogens is 474 g/mol. The third-order valence-corrected chi connectivity index (χ3v) is 7.03. The highest BCUT2D eigenvalue weighted by Gasteiger charge is 2.28. The van der Waals surface area contributed by atoms with E-state index in [0.717, 1.165) is 58.4 Å². The van der Waals surface area contributed by atoms with Gasteiger partial charge in [0.05, 0.1) is 6.04 Å². The highest BCUT2D eigenvalue weighted by Crippen LogP contribution is 2.33. The van der Waals surface area contributed by atoms with Crippen LogP contribution in [0.1, 0.15) is 17.2 Å². The molecule has 1 aliphatic rings. The van der Waals surface area contributed by atoms with E-state index in [1.54, 1.807) is 6.33 Å². The summed E-state index contributed by atoms with van der Waals surface area (Å²) < 4.78 is 1.05. The average Bonchev–Trinajstić information content (AvgIpc) is 3.24. The van der Waals surface area contributed by atoms with E-state index < -0.39 is 0 Å². The summed E-state index contributed by atoms with van der Waals surface area (Å²) in [5, 5.41) is 1.12. The van der Waals surface area contributed by atoms with Crippen molar-refractivity contribution < 1.29 is 0 Å². The highest BCUT2D eigenvalue weighted by molar-refractivity contribution is 9.10. The second kappa shape index (κ2) is 8.61. The molecule has 3 aromatic carbocycles. The molecule has 0 atom stereocenters. The van der Waals surface area contributed by atoms with Gasteiger partial charge in [0.25, 0.3) is 0 Å². The van der Waals surface area contributed by atoms with Crippen LogP contribution in [0, 0.1) is 0 Å². The van der Waals surface area contributed by atoms with Gasteiger partial charge in [0.1, 0.15) is 17.4 Å². The number of anilines is 1. The quantitative estimate of drug-likeness (QED) is 0.341. The lowest BCUT2D eigenvalue weighted by Crippen LogP contribution is -2.48. The molecule has 1 N–H and O–H groups in total. The van der Waals surface area contributed by atoms with Crippen LogP contribution in [0.4, 0.5) is 5.82 Å². The molecule has 6 heteroatoms. The Morgan fingerprint density at radius 2 is 1.45 bits per heavy atom. The Hall–Kier alpha value is -3.22. The number of halogens is 1. The molecule has 0 bridgehead atoms. The molecule has 33 heavy (non-hydrogen) atoms. The van der Waals surface area contributed by atoms with E-state index in [-0.39, 0.29) is 6.04 Å². The maximum absolute atomic E-state index is 4.69. The van der Waals surface area contributed by atoms with Gasteiger partial charge in [-0.1, -0.05) is 76.6 Å². The van der Waals surface area contributed by atoms with Crippen LogP contribution in [-0.4, -0.2) is 46.0 Å². The molecule has 0 radical (unpaired) electrons. The minimum Gasteiger partial charge on any atom is -0.352 e. The molecular formula is C27H24BrN5. The van der Waals surface area contributed by atoms with Gasteiger partial charge in [-0.05, 0) is 29.3 Å². The zero-order valence-corrected chi connectivity index (χ0v) is 19.7. The molecule has 164 valence electrons. The molecule has 5 nitrogen and oxygen atoms in total. The number of nitrogens with zero attached hydrogens (tertiary/aromatic N) is 4. The number of H-pyrrole nitrogens is 1. The number of piperazine rings is 1. The van der Waals surface area contributed by atoms with Gasteiger partial charge in [-0.25, -0.2) is 9.97 Å². The monoisotopic (exact) mass is 497 g/mol. The summed E-state index contributed by atoms with van der Waals surface area (Å²) >= 11 is 3.58. The first-order valence-corrected chi connectivity index (χ1v) is 12.1. The van der Waals surface area contributed by atoms with Crippen molar-refractivity contribution in [1.82, 2.24) is 19.9 Å². The molecule has 0 unspecified atom stereocenters. The van der Waals surface area contributed by atoms with Crippen molar-refractivity contribution in [2.45, 2.75) is 6.04 Å². The third kappa shape index (κ3) is 3.79. The van der Waals surface area contributed by atoms with Crippen molar-refractivity contribution >= 4 is 43.7 Å². The number of aromatic nitrogens is 3. The molecule has 0 aliphatic carbocycles. The summed E-state index contributed by atoms with van der Waals surface area (Å²) in [6, 6.07) is 28.2. The fraction of sp³-hybridized carbons (Fsp3) is 0.185. The predicted molar refractivity (Wildman–Crippen MR) is 138 cm³/mol. The number of hydrogen-bond acceptors (Lipinski definition) is 4. The lowest BCUT2D eigenvalue weighted by atomic mass is 9.96. The molecule has 5 aromatic rings. The Kier molecular flexibility index (Phi) is 5.32. The fourth-order valence-electron chi connectivity index (χ4n) is 4.97. The van der Waals surface area contributed by atoms with E-state index in [2.05, 4.69) is 120 Å². The summed E-state index contributed by atoms with van der Waals surface area (Å²) in [4.78, 5) is 17.8. The van der Waals surface area contributed by atoms with E-state index in [1.807, 2.05) is 0 Å². The number of hydrogen-bond donors (Lipinski definition) is 1. The maximum atomic E-state index is 4.69. The Labute approximate surface area is 201 Å². The normalized spacial score (nSPS) is 15.0. The average molecular weight is 498 g/mol. The van der Waals surface area contributed by atoms with Crippen LogP contribution in [0.3, 0.4) is 0 Å². The molecule has 0 spiro atoms. The van der Waals surface area contributed by atoms with E-state index >= 15 is 0 Å². The van der Waals surface area contributed by atoms with Crippen molar-refractivity contribution in [1.29, 1.82) is 0 Å². The largest absolute Gasteiger partial charge is 0.352 e. The zero-order valence-electron chi connectivity index (χ0n) is 18.2. The smallest absolute Gasteiger partial charge is 0.156 e. The minimum absolute atomic E-state index is 0.255. The van der Waals surface area contributed by atoms with Gasteiger partial charge in [0, 0.05) is 41.6 Å². The van der Waals surface area contributed by atoms with E-state index in [4.69, 9.17) is 0 Å². The lowest BCUT2D eigenvalue weighted by Gasteiger charge is -2.40. The molecule has 6 rings (SSSR count). The Morgan fingerprint density at radius 3 is 2.12 bits per heavy atom. The second-order valence-corrected chi connectivity index (χ2v) is 9.40. The van der Waals surface area contributed by atoms with Gasteiger partial charge in [-0.15, -0.1) is 0 Å². The lowest BCUT2D eigenvalue weighted by molar-refractivity contribution is 0.212. The first kappa shape index (κ1) is 20.4. The predicted octanol–water partition coefficient (Wildman–Crippen LogP) is 5.79. The standard InChI is InChI=1S/C27H24BrN5/c28-21-11-12-23-22(17-21)24-25(31-23)27(30-18-29-24)33-15-13-32(14-16-33)26(19-7-3-1-4-8-19)20-9-5-2-6-10-20/h1-12,17-18,26,31H,13-16H2. The third-order valence-electron chi connectivity index (χ3n) is 6.53. The first-order valence-electron chi connectivity index (χ1n) is 11.3. The van der Waals surface area contributed by atoms with Gasteiger partial charge in [-0.2, -0.15) is 0 Å². The SMILES string of the molecule is Brc1ccc2[nH]c3c(N4CCN(C(c5ccccc5)c5ccccc5)CC4)ncnc3c2c1. The van der Waals surface area contributed by atoms with Gasteiger partial charge >= 0.3 is 0 Å². The molecule has 0 saturated carbocycles. The van der Waals surface area contributed by atoms with Crippen LogP contribution in [0.25, 0.3) is 21.9 Å². The number of nitrogens with one attached hydrogen (secondary N) is 1. The summed E-state index contributed by atoms with van der Waals surface area (Å²) in [5.74, 6) is 0.989. The number of aromatic amines is 1. The maximum Gasteiger partial charge on any atom is 0.156 e. The Morgan fingerprint density at radius 1 is 0.788 bits per heavy atom. The molecule has 3 heterocycles. The summed E-state index contributed by atoms with van der Waals surface area (Å²) in [6.45, 7) is 3.76. The summed E-state index contributed by atoms with van der Waals surface area (Å²) in [5.41, 5.74) is 5.75. The molecule has 1 fully saturated rings. The van der Waals surface area contributed by atoms with Crippen LogP contribution in [0.5, 0.6) is 0 Å². The van der Waals surface area contributed by atoms with Crippen molar-refractivity contribution in [3.05, 3.63) is 101 Å². The van der Waals surface area contributed by atoms with Crippen molar-refractivity contribution in [2.24, 2.45) is 0 Å². The number of rotatable bonds is 4. The Balaban J connectivity index is 1.30. The first-order chi connectivity index (χ1) is 16.3. The van der Waals surface area contributed by atoms with Gasteiger partial charge in [0.15, 0.2) is 5.82 Å². The second-order valence-electron chi connectivity index (χ2n) is 8.48. The summed E-state index contributed by atoms with van der Waals surface area (Å²) in [6.07, 6.45) is 1.69. The van der Waals surface area contributed by atoms with Crippen molar-refractivity contribution in [2.75, 3.05) is 31.1 Å². The molecule has 2 aromatic heterocycles. The van der Waals surface area contributed by atoms with E-state index in [9.17, 15) is 0 Å². The molecule has 1 saturated heterocycles. The minimum atomic E-state index is 0.255. The Bertz CT molecular complexity index is 1350. The summed E-state index contributed by atoms with van der Waals surface area (Å²) in [7, 11) is 0. The van der Waals surface area contributed by atoms with Crippen LogP contribution in [0.15, 0.2) is 89.7 Å². The van der Waals surface area contributed by atoms with Crippen LogP contribution in [-0.2, 0) is 0 Å². The van der Waals surface area contributed by atoms with E-state index in [0.29, 0.717) is 0 Å². The van der Waals surface area contributed by atoms with Gasteiger partial charge in [0.2, 0.25) is 0 Å². The van der Waals surface area contributed by atoms with Crippen LogP contribution >= 0.6 is 15.9 Å². The topological polar surface area (TPSA) is 48.1 Å². The van der Waals surface area contributed by atoms with Crippen LogP contribution in [0.2, 0.25) is 0 Å². The van der Waals surface area contributed by atoms with Crippen molar-refractivity contribution in [3.8, 4) is 0 Å². The number of fused-ring (bicyclic) bond motifs is 3. The highest BCUT2D eigenvalue weighted by atomic mass is 79.9. The van der Waals surface area contributed by atoms with Crippen molar-refractivity contribution in [3.63, 3.8) is 0 Å². The van der Waals surface area contributed by atoms with Crippen LogP contribution < -0.4 is 4.90 Å². The van der Waals surface area contributed by atoms with Gasteiger partial charge in [-0.3, -0.25) is 4.90 Å². The molecule has 0 amide bonds. The van der Waals surface area contributed by atoms with E-state index in [1.165, 1.54) is 11.1 Å². The van der Waals surface area contributed by atoms with Gasteiger partial charge < -0.3 is 9.88 Å². The fourth-order valence-corrected chi connectivity index (χ4v) is 5.33.